The Morgan fingerprint density at radius 1 is 1.00 bits per heavy atom. The standard InChI is InChI=1S/C16H16BrClO2/c1-2-19-16-9-12(10-17)6-7-15(16)20-11-13-4-3-5-14(18)8-13/h3-9H,2,10-11H2,1H3. The molecule has 0 spiro atoms. The van der Waals surface area contributed by atoms with Gasteiger partial charge in [0.25, 0.3) is 0 Å². The molecular weight excluding hydrogens is 340 g/mol. The number of hydrogen-bond donors (Lipinski definition) is 0. The molecule has 0 fully saturated rings. The van der Waals surface area contributed by atoms with E-state index in [0.29, 0.717) is 18.2 Å². The second kappa shape index (κ2) is 7.55. The van der Waals surface area contributed by atoms with Gasteiger partial charge in [-0.15, -0.1) is 0 Å². The summed E-state index contributed by atoms with van der Waals surface area (Å²) >= 11 is 9.40. The number of ether oxygens (including phenoxy) is 2. The van der Waals surface area contributed by atoms with Crippen LogP contribution in [0.4, 0.5) is 0 Å². The molecule has 0 N–H and O–H groups in total. The molecule has 0 radical (unpaired) electrons. The van der Waals surface area contributed by atoms with Gasteiger partial charge < -0.3 is 9.47 Å². The summed E-state index contributed by atoms with van der Waals surface area (Å²) < 4.78 is 11.5. The maximum Gasteiger partial charge on any atom is 0.161 e. The van der Waals surface area contributed by atoms with Crippen LogP contribution in [-0.4, -0.2) is 6.61 Å². The number of benzene rings is 2. The Labute approximate surface area is 132 Å². The van der Waals surface area contributed by atoms with Crippen LogP contribution in [0.25, 0.3) is 0 Å². The molecule has 0 unspecified atom stereocenters. The van der Waals surface area contributed by atoms with Gasteiger partial charge in [-0.05, 0) is 42.3 Å². The van der Waals surface area contributed by atoms with Crippen molar-refractivity contribution in [3.63, 3.8) is 0 Å². The highest BCUT2D eigenvalue weighted by Crippen LogP contribution is 2.30. The molecule has 0 aliphatic carbocycles. The van der Waals surface area contributed by atoms with Crippen molar-refractivity contribution in [2.75, 3.05) is 6.61 Å². The fourth-order valence-corrected chi connectivity index (χ4v) is 2.37. The van der Waals surface area contributed by atoms with Gasteiger partial charge in [0.2, 0.25) is 0 Å². The molecule has 2 aromatic carbocycles. The van der Waals surface area contributed by atoms with E-state index in [2.05, 4.69) is 15.9 Å². The molecule has 106 valence electrons. The van der Waals surface area contributed by atoms with Gasteiger partial charge in [-0.2, -0.15) is 0 Å². The smallest absolute Gasteiger partial charge is 0.161 e. The minimum Gasteiger partial charge on any atom is -0.490 e. The minimum absolute atomic E-state index is 0.467. The van der Waals surface area contributed by atoms with E-state index >= 15 is 0 Å². The Bertz CT molecular complexity index is 572. The van der Waals surface area contributed by atoms with Crippen LogP contribution in [0.15, 0.2) is 42.5 Å². The van der Waals surface area contributed by atoms with Crippen molar-refractivity contribution in [2.45, 2.75) is 18.9 Å². The summed E-state index contributed by atoms with van der Waals surface area (Å²) in [5.74, 6) is 1.52. The van der Waals surface area contributed by atoms with Gasteiger partial charge in [-0.3, -0.25) is 0 Å². The fraction of sp³-hybridized carbons (Fsp3) is 0.250. The van der Waals surface area contributed by atoms with Crippen LogP contribution in [0.2, 0.25) is 5.02 Å². The van der Waals surface area contributed by atoms with Gasteiger partial charge in [0.1, 0.15) is 6.61 Å². The Balaban J connectivity index is 2.12. The van der Waals surface area contributed by atoms with E-state index in [1.807, 2.05) is 49.4 Å². The summed E-state index contributed by atoms with van der Waals surface area (Å²) in [7, 11) is 0. The van der Waals surface area contributed by atoms with Gasteiger partial charge in [0.05, 0.1) is 6.61 Å². The largest absolute Gasteiger partial charge is 0.490 e. The van der Waals surface area contributed by atoms with E-state index < -0.39 is 0 Å². The van der Waals surface area contributed by atoms with Crippen molar-refractivity contribution in [3.8, 4) is 11.5 Å². The van der Waals surface area contributed by atoms with E-state index in [1.54, 1.807) is 0 Å². The second-order valence-corrected chi connectivity index (χ2v) is 5.26. The summed E-state index contributed by atoms with van der Waals surface area (Å²) in [6, 6.07) is 13.6. The Kier molecular flexibility index (Phi) is 5.74. The van der Waals surface area contributed by atoms with Crippen LogP contribution in [0.5, 0.6) is 11.5 Å². The first-order valence-electron chi connectivity index (χ1n) is 6.42. The fourth-order valence-electron chi connectivity index (χ4n) is 1.81. The van der Waals surface area contributed by atoms with Crippen LogP contribution in [0.1, 0.15) is 18.1 Å². The van der Waals surface area contributed by atoms with Gasteiger partial charge >= 0.3 is 0 Å². The summed E-state index contributed by atoms with van der Waals surface area (Å²) in [5, 5.41) is 1.51. The third-order valence-corrected chi connectivity index (χ3v) is 3.63. The van der Waals surface area contributed by atoms with Crippen LogP contribution in [0.3, 0.4) is 0 Å². The van der Waals surface area contributed by atoms with Crippen molar-refractivity contribution in [2.24, 2.45) is 0 Å². The Morgan fingerprint density at radius 2 is 1.85 bits per heavy atom. The highest BCUT2D eigenvalue weighted by atomic mass is 79.9. The summed E-state index contributed by atoms with van der Waals surface area (Å²) in [5.41, 5.74) is 2.19. The molecule has 0 heterocycles. The molecule has 0 atom stereocenters. The molecule has 0 aromatic heterocycles. The maximum absolute atomic E-state index is 5.96. The first kappa shape index (κ1) is 15.2. The first-order valence-corrected chi connectivity index (χ1v) is 7.91. The van der Waals surface area contributed by atoms with Gasteiger partial charge in [0, 0.05) is 10.4 Å². The third-order valence-electron chi connectivity index (χ3n) is 2.75. The van der Waals surface area contributed by atoms with Gasteiger partial charge in [-0.25, -0.2) is 0 Å². The third kappa shape index (κ3) is 4.15. The maximum atomic E-state index is 5.96. The number of hydrogen-bond acceptors (Lipinski definition) is 2. The molecule has 0 saturated heterocycles. The normalized spacial score (nSPS) is 10.3. The highest BCUT2D eigenvalue weighted by molar-refractivity contribution is 9.08. The van der Waals surface area contributed by atoms with Gasteiger partial charge in [-0.1, -0.05) is 45.7 Å². The van der Waals surface area contributed by atoms with E-state index in [4.69, 9.17) is 21.1 Å². The molecule has 2 aromatic rings. The molecule has 0 aliphatic heterocycles. The average molecular weight is 356 g/mol. The predicted molar refractivity (Wildman–Crippen MR) is 86.0 cm³/mol. The number of halogens is 2. The molecule has 0 aliphatic rings. The van der Waals surface area contributed by atoms with Crippen molar-refractivity contribution < 1.29 is 9.47 Å². The summed E-state index contributed by atoms with van der Waals surface area (Å²) in [4.78, 5) is 0. The van der Waals surface area contributed by atoms with Crippen LogP contribution in [-0.2, 0) is 11.9 Å². The SMILES string of the molecule is CCOc1cc(CBr)ccc1OCc1cccc(Cl)c1. The molecule has 0 saturated carbocycles. The zero-order valence-electron chi connectivity index (χ0n) is 11.2. The first-order chi connectivity index (χ1) is 9.72. The van der Waals surface area contributed by atoms with Crippen LogP contribution in [0, 0.1) is 0 Å². The quantitative estimate of drug-likeness (QED) is 0.662. The minimum atomic E-state index is 0.467. The lowest BCUT2D eigenvalue weighted by molar-refractivity contribution is 0.269. The summed E-state index contributed by atoms with van der Waals surface area (Å²) in [6.45, 7) is 3.04. The predicted octanol–water partition coefficient (Wildman–Crippen LogP) is 5.21. The molecule has 2 rings (SSSR count). The van der Waals surface area contributed by atoms with Crippen LogP contribution >= 0.6 is 27.5 Å². The van der Waals surface area contributed by atoms with E-state index in [9.17, 15) is 0 Å². The molecule has 4 heteroatoms. The monoisotopic (exact) mass is 354 g/mol. The van der Waals surface area contributed by atoms with Gasteiger partial charge in [0.15, 0.2) is 11.5 Å². The second-order valence-electron chi connectivity index (χ2n) is 4.27. The zero-order valence-corrected chi connectivity index (χ0v) is 13.6. The highest BCUT2D eigenvalue weighted by Gasteiger charge is 2.06. The molecule has 20 heavy (non-hydrogen) atoms. The molecular formula is C16H16BrClO2. The lowest BCUT2D eigenvalue weighted by atomic mass is 10.2. The van der Waals surface area contributed by atoms with Crippen LogP contribution < -0.4 is 9.47 Å². The van der Waals surface area contributed by atoms with E-state index in [1.165, 1.54) is 0 Å². The van der Waals surface area contributed by atoms with Crippen molar-refractivity contribution in [1.29, 1.82) is 0 Å². The Morgan fingerprint density at radius 3 is 2.55 bits per heavy atom. The average Bonchev–Trinajstić information content (AvgIpc) is 2.46. The Hall–Kier alpha value is -1.19. The van der Waals surface area contributed by atoms with Crippen molar-refractivity contribution >= 4 is 27.5 Å². The lowest BCUT2D eigenvalue weighted by Gasteiger charge is -2.13. The molecule has 2 nitrogen and oxygen atoms in total. The number of alkyl halides is 1. The van der Waals surface area contributed by atoms with E-state index in [-0.39, 0.29) is 0 Å². The van der Waals surface area contributed by atoms with Crippen molar-refractivity contribution in [3.05, 3.63) is 58.6 Å². The van der Waals surface area contributed by atoms with Crippen molar-refractivity contribution in [1.82, 2.24) is 0 Å². The molecule has 0 amide bonds. The molecule has 0 bridgehead atoms. The number of rotatable bonds is 6. The topological polar surface area (TPSA) is 18.5 Å². The van der Waals surface area contributed by atoms with E-state index in [0.717, 1.165) is 28.0 Å². The summed E-state index contributed by atoms with van der Waals surface area (Å²) in [6.07, 6.45) is 0. The zero-order chi connectivity index (χ0) is 14.4. The lowest BCUT2D eigenvalue weighted by Crippen LogP contribution is -2.00.